The van der Waals surface area contributed by atoms with E-state index in [1.165, 1.54) is 12.8 Å². The summed E-state index contributed by atoms with van der Waals surface area (Å²) >= 11 is 0. The first-order chi connectivity index (χ1) is 15.3. The SMILES string of the molecule is Cc1ccc(S(=O)(=O)NCCC(=O)Nc2cccc(-c3cn4c(n3)CCCC4)c2)cc1C. The molecule has 32 heavy (non-hydrogen) atoms. The van der Waals surface area contributed by atoms with E-state index in [0.717, 1.165) is 41.2 Å². The molecular weight excluding hydrogens is 424 g/mol. The molecule has 0 saturated carbocycles. The standard InChI is InChI=1S/C24H28N4O3S/c1-17-9-10-21(14-18(17)2)32(30,31)25-12-11-24(29)26-20-7-5-6-19(15-20)22-16-28-13-4-3-8-23(28)27-22/h5-7,9-10,14-16,25H,3-4,8,11-13H2,1-2H3,(H,26,29). The van der Waals surface area contributed by atoms with Gasteiger partial charge in [-0.05, 0) is 62.1 Å². The van der Waals surface area contributed by atoms with Crippen LogP contribution in [-0.4, -0.2) is 30.4 Å². The van der Waals surface area contributed by atoms with E-state index < -0.39 is 10.0 Å². The number of imidazole rings is 1. The summed E-state index contributed by atoms with van der Waals surface area (Å²) in [5.41, 5.74) is 4.44. The van der Waals surface area contributed by atoms with Crippen LogP contribution in [0.1, 0.15) is 36.2 Å². The lowest BCUT2D eigenvalue weighted by atomic mass is 10.1. The summed E-state index contributed by atoms with van der Waals surface area (Å²) in [5.74, 6) is 0.853. The summed E-state index contributed by atoms with van der Waals surface area (Å²) in [6.45, 7) is 4.82. The van der Waals surface area contributed by atoms with Crippen LogP contribution in [0.4, 0.5) is 5.69 Å². The third-order valence-corrected chi connectivity index (χ3v) is 7.24. The van der Waals surface area contributed by atoms with Crippen molar-refractivity contribution in [1.82, 2.24) is 14.3 Å². The highest BCUT2D eigenvalue weighted by atomic mass is 32.2. The Balaban J connectivity index is 1.35. The number of aromatic nitrogens is 2. The summed E-state index contributed by atoms with van der Waals surface area (Å²) < 4.78 is 29.6. The molecule has 0 spiro atoms. The second-order valence-corrected chi connectivity index (χ2v) is 9.98. The van der Waals surface area contributed by atoms with E-state index in [-0.39, 0.29) is 23.8 Å². The van der Waals surface area contributed by atoms with Crippen molar-refractivity contribution < 1.29 is 13.2 Å². The average Bonchev–Trinajstić information content (AvgIpc) is 3.20. The Morgan fingerprint density at radius 2 is 1.94 bits per heavy atom. The second-order valence-electron chi connectivity index (χ2n) is 8.22. The topological polar surface area (TPSA) is 93.1 Å². The molecule has 3 aromatic rings. The minimum atomic E-state index is -3.65. The molecule has 2 aromatic carbocycles. The number of sulfonamides is 1. The van der Waals surface area contributed by atoms with Crippen LogP contribution in [0.3, 0.4) is 0 Å². The Morgan fingerprint density at radius 3 is 2.72 bits per heavy atom. The van der Waals surface area contributed by atoms with Gasteiger partial charge in [-0.3, -0.25) is 4.79 Å². The summed E-state index contributed by atoms with van der Waals surface area (Å²) in [6.07, 6.45) is 5.44. The zero-order chi connectivity index (χ0) is 22.7. The van der Waals surface area contributed by atoms with Crippen LogP contribution in [0.2, 0.25) is 0 Å². The van der Waals surface area contributed by atoms with Gasteiger partial charge in [0.2, 0.25) is 15.9 Å². The molecule has 1 aliphatic rings. The predicted molar refractivity (Wildman–Crippen MR) is 125 cm³/mol. The van der Waals surface area contributed by atoms with Gasteiger partial charge in [0.15, 0.2) is 0 Å². The van der Waals surface area contributed by atoms with Crippen molar-refractivity contribution in [3.8, 4) is 11.3 Å². The number of fused-ring (bicyclic) bond motifs is 1. The average molecular weight is 453 g/mol. The van der Waals surface area contributed by atoms with Crippen LogP contribution in [-0.2, 0) is 27.8 Å². The third-order valence-electron chi connectivity index (χ3n) is 5.78. The zero-order valence-corrected chi connectivity index (χ0v) is 19.2. The van der Waals surface area contributed by atoms with E-state index >= 15 is 0 Å². The molecule has 2 N–H and O–H groups in total. The van der Waals surface area contributed by atoms with Crippen molar-refractivity contribution in [3.63, 3.8) is 0 Å². The van der Waals surface area contributed by atoms with Crippen molar-refractivity contribution in [2.24, 2.45) is 0 Å². The maximum atomic E-state index is 12.5. The Bertz CT molecular complexity index is 1220. The first kappa shape index (κ1) is 22.2. The van der Waals surface area contributed by atoms with Crippen LogP contribution in [0.5, 0.6) is 0 Å². The summed E-state index contributed by atoms with van der Waals surface area (Å²) in [4.78, 5) is 17.3. The molecule has 8 heteroatoms. The maximum absolute atomic E-state index is 12.5. The number of carbonyl (C=O) groups is 1. The lowest BCUT2D eigenvalue weighted by Crippen LogP contribution is -2.28. The smallest absolute Gasteiger partial charge is 0.240 e. The Labute approximate surface area is 188 Å². The lowest BCUT2D eigenvalue weighted by Gasteiger charge is -2.11. The van der Waals surface area contributed by atoms with Gasteiger partial charge in [0, 0.05) is 43.4 Å². The van der Waals surface area contributed by atoms with E-state index in [2.05, 4.69) is 20.8 Å². The molecule has 0 unspecified atom stereocenters. The van der Waals surface area contributed by atoms with Crippen molar-refractivity contribution in [2.75, 3.05) is 11.9 Å². The number of hydrogen-bond donors (Lipinski definition) is 2. The van der Waals surface area contributed by atoms with Gasteiger partial charge in [-0.25, -0.2) is 18.1 Å². The number of anilines is 1. The van der Waals surface area contributed by atoms with Gasteiger partial charge in [-0.15, -0.1) is 0 Å². The summed E-state index contributed by atoms with van der Waals surface area (Å²) in [5, 5.41) is 2.85. The molecular formula is C24H28N4O3S. The zero-order valence-electron chi connectivity index (χ0n) is 18.4. The van der Waals surface area contributed by atoms with Gasteiger partial charge in [0.25, 0.3) is 0 Å². The number of amides is 1. The van der Waals surface area contributed by atoms with Crippen LogP contribution in [0.25, 0.3) is 11.3 Å². The van der Waals surface area contributed by atoms with E-state index in [9.17, 15) is 13.2 Å². The molecule has 7 nitrogen and oxygen atoms in total. The highest BCUT2D eigenvalue weighted by molar-refractivity contribution is 7.89. The number of aryl methyl sites for hydroxylation is 4. The molecule has 4 rings (SSSR count). The van der Waals surface area contributed by atoms with Gasteiger partial charge >= 0.3 is 0 Å². The number of carbonyl (C=O) groups excluding carboxylic acids is 1. The molecule has 168 valence electrons. The summed E-state index contributed by atoms with van der Waals surface area (Å²) in [7, 11) is -3.65. The monoisotopic (exact) mass is 452 g/mol. The fourth-order valence-corrected chi connectivity index (χ4v) is 4.91. The number of nitrogens with zero attached hydrogens (tertiary/aromatic N) is 2. The van der Waals surface area contributed by atoms with Crippen LogP contribution in [0, 0.1) is 13.8 Å². The lowest BCUT2D eigenvalue weighted by molar-refractivity contribution is -0.116. The van der Waals surface area contributed by atoms with Gasteiger partial charge in [0.05, 0.1) is 10.6 Å². The Morgan fingerprint density at radius 1 is 1.09 bits per heavy atom. The largest absolute Gasteiger partial charge is 0.334 e. The van der Waals surface area contributed by atoms with E-state index in [0.29, 0.717) is 5.69 Å². The molecule has 0 aliphatic carbocycles. The first-order valence-electron chi connectivity index (χ1n) is 10.8. The summed E-state index contributed by atoms with van der Waals surface area (Å²) in [6, 6.07) is 12.6. The van der Waals surface area contributed by atoms with Crippen LogP contribution >= 0.6 is 0 Å². The van der Waals surface area contributed by atoms with Crippen molar-refractivity contribution in [3.05, 3.63) is 65.6 Å². The number of hydrogen-bond acceptors (Lipinski definition) is 4. The molecule has 1 amide bonds. The molecule has 0 atom stereocenters. The minimum absolute atomic E-state index is 0.0224. The molecule has 1 aliphatic heterocycles. The molecule has 1 aromatic heterocycles. The third kappa shape index (κ3) is 5.08. The van der Waals surface area contributed by atoms with E-state index in [1.54, 1.807) is 18.2 Å². The fourth-order valence-electron chi connectivity index (χ4n) is 3.79. The molecule has 2 heterocycles. The quantitative estimate of drug-likeness (QED) is 0.570. The van der Waals surface area contributed by atoms with Gasteiger partial charge in [0.1, 0.15) is 5.82 Å². The van der Waals surface area contributed by atoms with Crippen LogP contribution in [0.15, 0.2) is 53.6 Å². The fraction of sp³-hybridized carbons (Fsp3) is 0.333. The highest BCUT2D eigenvalue weighted by Gasteiger charge is 2.16. The first-order valence-corrected chi connectivity index (χ1v) is 12.3. The van der Waals surface area contributed by atoms with Gasteiger partial charge in [-0.2, -0.15) is 0 Å². The maximum Gasteiger partial charge on any atom is 0.240 e. The minimum Gasteiger partial charge on any atom is -0.334 e. The highest BCUT2D eigenvalue weighted by Crippen LogP contribution is 2.25. The van der Waals surface area contributed by atoms with E-state index in [1.807, 2.05) is 38.1 Å². The van der Waals surface area contributed by atoms with Crippen molar-refractivity contribution in [2.45, 2.75) is 51.0 Å². The molecule has 0 bridgehead atoms. The second kappa shape index (κ2) is 9.26. The molecule has 0 radical (unpaired) electrons. The van der Waals surface area contributed by atoms with Gasteiger partial charge < -0.3 is 9.88 Å². The predicted octanol–water partition coefficient (Wildman–Crippen LogP) is 3.81. The normalized spacial score (nSPS) is 13.6. The number of benzene rings is 2. The Kier molecular flexibility index (Phi) is 6.43. The van der Waals surface area contributed by atoms with Crippen molar-refractivity contribution >= 4 is 21.6 Å². The Hall–Kier alpha value is -2.97. The number of nitrogens with one attached hydrogen (secondary N) is 2. The van der Waals surface area contributed by atoms with Crippen molar-refractivity contribution in [1.29, 1.82) is 0 Å². The van der Waals surface area contributed by atoms with Crippen LogP contribution < -0.4 is 10.0 Å². The van der Waals surface area contributed by atoms with E-state index in [4.69, 9.17) is 4.98 Å². The van der Waals surface area contributed by atoms with Gasteiger partial charge in [-0.1, -0.05) is 18.2 Å². The molecule has 0 saturated heterocycles. The number of rotatable bonds is 7. The molecule has 0 fully saturated rings.